The minimum absolute atomic E-state index is 0.133. The standard InChI is InChI=1S/C19H30N4O5S2/c1-21(2)30(27,28)23-14-6-7-16(15-23)19(24)20-17-8-10-18(11-9-17)29(25,26)22-12-4-3-5-13-22/h8-11,16H,3-7,12-15H2,1-2H3,(H,20,24)/t16-/m0/s1. The van der Waals surface area contributed by atoms with Gasteiger partial charge in [-0.2, -0.15) is 21.3 Å². The van der Waals surface area contributed by atoms with Crippen LogP contribution in [0, 0.1) is 5.92 Å². The number of sulfonamides is 1. The lowest BCUT2D eigenvalue weighted by Crippen LogP contribution is -2.47. The van der Waals surface area contributed by atoms with Crippen LogP contribution in [-0.4, -0.2) is 75.9 Å². The molecule has 0 aliphatic carbocycles. The molecule has 0 aromatic heterocycles. The lowest BCUT2D eigenvalue weighted by Gasteiger charge is -2.32. The fourth-order valence-corrected chi connectivity index (χ4v) is 6.51. The van der Waals surface area contributed by atoms with Gasteiger partial charge in [0, 0.05) is 46.0 Å². The van der Waals surface area contributed by atoms with Crippen LogP contribution in [0.4, 0.5) is 5.69 Å². The molecule has 0 bridgehead atoms. The van der Waals surface area contributed by atoms with Crippen LogP contribution >= 0.6 is 0 Å². The van der Waals surface area contributed by atoms with E-state index < -0.39 is 26.2 Å². The quantitative estimate of drug-likeness (QED) is 0.692. The van der Waals surface area contributed by atoms with Gasteiger partial charge in [0.1, 0.15) is 0 Å². The summed E-state index contributed by atoms with van der Waals surface area (Å²) in [5.74, 6) is -0.717. The zero-order valence-electron chi connectivity index (χ0n) is 17.5. The topological polar surface area (TPSA) is 107 Å². The van der Waals surface area contributed by atoms with Gasteiger partial charge in [-0.3, -0.25) is 4.79 Å². The summed E-state index contributed by atoms with van der Waals surface area (Å²) in [6, 6.07) is 6.16. The van der Waals surface area contributed by atoms with Gasteiger partial charge in [0.2, 0.25) is 15.9 Å². The van der Waals surface area contributed by atoms with E-state index in [1.807, 2.05) is 0 Å². The Bertz CT molecular complexity index is 955. The van der Waals surface area contributed by atoms with Gasteiger partial charge in [-0.05, 0) is 49.9 Å². The first-order valence-corrected chi connectivity index (χ1v) is 13.0. The summed E-state index contributed by atoms with van der Waals surface area (Å²) in [6.07, 6.45) is 4.00. The Balaban J connectivity index is 1.64. The number of hydrogen-bond donors (Lipinski definition) is 1. The lowest BCUT2D eigenvalue weighted by molar-refractivity contribution is -0.120. The second kappa shape index (κ2) is 9.31. The zero-order valence-corrected chi connectivity index (χ0v) is 19.1. The Kier molecular flexibility index (Phi) is 7.18. The SMILES string of the molecule is CN(C)S(=O)(=O)N1CCC[C@H](C(=O)Nc2ccc(S(=O)(=O)N3CCCCC3)cc2)C1. The molecular weight excluding hydrogens is 428 g/mol. The Morgan fingerprint density at radius 2 is 1.53 bits per heavy atom. The van der Waals surface area contributed by atoms with E-state index in [1.165, 1.54) is 34.8 Å². The second-order valence-corrected chi connectivity index (χ2v) is 12.0. The summed E-state index contributed by atoms with van der Waals surface area (Å²) in [7, 11) is -4.13. The van der Waals surface area contributed by atoms with Gasteiger partial charge in [-0.15, -0.1) is 0 Å². The molecule has 2 fully saturated rings. The molecule has 0 saturated carbocycles. The third-order valence-corrected chi connectivity index (χ3v) is 9.44. The summed E-state index contributed by atoms with van der Waals surface area (Å²) in [4.78, 5) is 12.9. The van der Waals surface area contributed by atoms with E-state index in [9.17, 15) is 21.6 Å². The highest BCUT2D eigenvalue weighted by molar-refractivity contribution is 7.89. The van der Waals surface area contributed by atoms with E-state index in [4.69, 9.17) is 0 Å². The van der Waals surface area contributed by atoms with E-state index in [0.717, 1.165) is 23.6 Å². The first-order chi connectivity index (χ1) is 14.1. The molecule has 1 N–H and O–H groups in total. The third-order valence-electron chi connectivity index (χ3n) is 5.62. The number of anilines is 1. The minimum Gasteiger partial charge on any atom is -0.326 e. The van der Waals surface area contributed by atoms with Gasteiger partial charge in [-0.1, -0.05) is 6.42 Å². The van der Waals surface area contributed by atoms with Crippen LogP contribution in [0.15, 0.2) is 29.2 Å². The number of nitrogens with zero attached hydrogens (tertiary/aromatic N) is 3. The Morgan fingerprint density at radius 1 is 0.933 bits per heavy atom. The molecule has 0 spiro atoms. The molecule has 0 radical (unpaired) electrons. The number of benzene rings is 1. The molecule has 168 valence electrons. The Hall–Kier alpha value is -1.53. The Morgan fingerprint density at radius 3 is 2.13 bits per heavy atom. The molecule has 2 heterocycles. The van der Waals surface area contributed by atoms with Gasteiger partial charge >= 0.3 is 0 Å². The van der Waals surface area contributed by atoms with E-state index in [0.29, 0.717) is 38.2 Å². The summed E-state index contributed by atoms with van der Waals surface area (Å²) < 4.78 is 54.1. The van der Waals surface area contributed by atoms with Gasteiger partial charge in [0.15, 0.2) is 0 Å². The Labute approximate surface area is 179 Å². The summed E-state index contributed by atoms with van der Waals surface area (Å²) in [5.41, 5.74) is 0.491. The van der Waals surface area contributed by atoms with Gasteiger partial charge in [0.25, 0.3) is 10.2 Å². The summed E-state index contributed by atoms with van der Waals surface area (Å²) >= 11 is 0. The molecule has 1 aromatic rings. The predicted octanol–water partition coefficient (Wildman–Crippen LogP) is 1.32. The highest BCUT2D eigenvalue weighted by atomic mass is 32.2. The van der Waals surface area contributed by atoms with Gasteiger partial charge < -0.3 is 5.32 Å². The monoisotopic (exact) mass is 458 g/mol. The molecule has 1 aromatic carbocycles. The van der Waals surface area contributed by atoms with Crippen molar-refractivity contribution in [3.05, 3.63) is 24.3 Å². The van der Waals surface area contributed by atoms with Crippen LogP contribution < -0.4 is 5.32 Å². The van der Waals surface area contributed by atoms with Crippen molar-refractivity contribution >= 4 is 31.8 Å². The minimum atomic E-state index is -3.56. The van der Waals surface area contributed by atoms with E-state index in [2.05, 4.69) is 5.32 Å². The number of carbonyl (C=O) groups is 1. The highest BCUT2D eigenvalue weighted by Gasteiger charge is 2.33. The van der Waals surface area contributed by atoms with Crippen LogP contribution in [0.1, 0.15) is 32.1 Å². The largest absolute Gasteiger partial charge is 0.326 e. The van der Waals surface area contributed by atoms with Crippen LogP contribution in [0.3, 0.4) is 0 Å². The van der Waals surface area contributed by atoms with E-state index in [-0.39, 0.29) is 17.3 Å². The van der Waals surface area contributed by atoms with Crippen molar-refractivity contribution in [1.29, 1.82) is 0 Å². The number of amides is 1. The predicted molar refractivity (Wildman–Crippen MR) is 115 cm³/mol. The number of hydrogen-bond acceptors (Lipinski definition) is 5. The highest BCUT2D eigenvalue weighted by Crippen LogP contribution is 2.24. The fraction of sp³-hybridized carbons (Fsp3) is 0.632. The molecule has 0 unspecified atom stereocenters. The smallest absolute Gasteiger partial charge is 0.281 e. The van der Waals surface area contributed by atoms with Crippen LogP contribution in [0.2, 0.25) is 0 Å². The molecule has 1 atom stereocenters. The molecular formula is C19H30N4O5S2. The number of nitrogens with one attached hydrogen (secondary N) is 1. The van der Waals surface area contributed by atoms with Crippen molar-refractivity contribution in [3.8, 4) is 0 Å². The molecule has 30 heavy (non-hydrogen) atoms. The van der Waals surface area contributed by atoms with Crippen LogP contribution in [0.5, 0.6) is 0 Å². The number of carbonyl (C=O) groups excluding carboxylic acids is 1. The maximum Gasteiger partial charge on any atom is 0.281 e. The molecule has 1 amide bonds. The molecule has 2 aliphatic rings. The van der Waals surface area contributed by atoms with Crippen molar-refractivity contribution in [2.24, 2.45) is 5.92 Å². The molecule has 2 aliphatic heterocycles. The summed E-state index contributed by atoms with van der Waals surface area (Å²) in [5, 5.41) is 2.79. The van der Waals surface area contributed by atoms with Gasteiger partial charge in [0.05, 0.1) is 10.8 Å². The van der Waals surface area contributed by atoms with Crippen molar-refractivity contribution < 1.29 is 21.6 Å². The molecule has 3 rings (SSSR count). The van der Waals surface area contributed by atoms with E-state index >= 15 is 0 Å². The van der Waals surface area contributed by atoms with Crippen LogP contribution in [-0.2, 0) is 25.0 Å². The number of piperidine rings is 2. The van der Waals surface area contributed by atoms with Crippen LogP contribution in [0.25, 0.3) is 0 Å². The second-order valence-electron chi connectivity index (χ2n) is 7.97. The first kappa shape index (κ1) is 23.1. The fourth-order valence-electron chi connectivity index (χ4n) is 3.81. The molecule has 9 nitrogen and oxygen atoms in total. The summed E-state index contributed by atoms with van der Waals surface area (Å²) in [6.45, 7) is 1.60. The van der Waals surface area contributed by atoms with Crippen molar-refractivity contribution in [1.82, 2.24) is 12.9 Å². The van der Waals surface area contributed by atoms with E-state index in [1.54, 1.807) is 12.1 Å². The normalized spacial score (nSPS) is 22.2. The van der Waals surface area contributed by atoms with Crippen molar-refractivity contribution in [2.45, 2.75) is 37.0 Å². The van der Waals surface area contributed by atoms with Crippen molar-refractivity contribution in [2.75, 3.05) is 45.6 Å². The maximum atomic E-state index is 12.7. The maximum absolute atomic E-state index is 12.7. The third kappa shape index (κ3) is 5.02. The zero-order chi connectivity index (χ0) is 21.9. The van der Waals surface area contributed by atoms with Gasteiger partial charge in [-0.25, -0.2) is 8.42 Å². The average molecular weight is 459 g/mol. The average Bonchev–Trinajstić information content (AvgIpc) is 2.74. The first-order valence-electron chi connectivity index (χ1n) is 10.2. The lowest BCUT2D eigenvalue weighted by atomic mass is 9.99. The van der Waals surface area contributed by atoms with Crippen molar-refractivity contribution in [3.63, 3.8) is 0 Å². The molecule has 11 heteroatoms. The number of rotatable bonds is 6. The molecule has 2 saturated heterocycles.